The molecule has 2 nitrogen and oxygen atoms in total. The Morgan fingerprint density at radius 3 is 3.08 bits per heavy atom. The molecule has 12 heavy (non-hydrogen) atoms. The van der Waals surface area contributed by atoms with Gasteiger partial charge >= 0.3 is 0 Å². The molecule has 2 aliphatic rings. The first kappa shape index (κ1) is 7.59. The normalized spacial score (nSPS) is 32.2. The summed E-state index contributed by atoms with van der Waals surface area (Å²) in [4.78, 5) is 4.46. The second-order valence-electron chi connectivity index (χ2n) is 3.38. The molecule has 0 aromatic heterocycles. The highest BCUT2D eigenvalue weighted by Gasteiger charge is 2.24. The maximum Gasteiger partial charge on any atom is 0.0936 e. The summed E-state index contributed by atoms with van der Waals surface area (Å²) in [5, 5.41) is 3.39. The van der Waals surface area contributed by atoms with Crippen LogP contribution in [-0.2, 0) is 0 Å². The Morgan fingerprint density at radius 1 is 1.50 bits per heavy atom. The number of rotatable bonds is 1. The van der Waals surface area contributed by atoms with E-state index in [1.165, 1.54) is 11.3 Å². The fourth-order valence-corrected chi connectivity index (χ4v) is 1.70. The molecule has 2 heterocycles. The van der Waals surface area contributed by atoms with E-state index < -0.39 is 0 Å². The van der Waals surface area contributed by atoms with Crippen molar-refractivity contribution in [1.29, 1.82) is 0 Å². The van der Waals surface area contributed by atoms with Crippen LogP contribution in [0.15, 0.2) is 28.4 Å². The number of nitrogens with one attached hydrogen (secondary N) is 1. The maximum absolute atomic E-state index is 4.46. The van der Waals surface area contributed by atoms with Gasteiger partial charge in [-0.15, -0.1) is 0 Å². The van der Waals surface area contributed by atoms with E-state index in [1.54, 1.807) is 0 Å². The topological polar surface area (TPSA) is 24.4 Å². The van der Waals surface area contributed by atoms with Crippen LogP contribution in [0.2, 0.25) is 0 Å². The molecule has 0 aliphatic carbocycles. The summed E-state index contributed by atoms with van der Waals surface area (Å²) < 4.78 is 0. The zero-order valence-corrected chi connectivity index (χ0v) is 7.54. The van der Waals surface area contributed by atoms with Crippen molar-refractivity contribution in [2.45, 2.75) is 32.4 Å². The van der Waals surface area contributed by atoms with Crippen LogP contribution in [0.25, 0.3) is 0 Å². The van der Waals surface area contributed by atoms with E-state index in [1.807, 2.05) is 6.21 Å². The molecular weight excluding hydrogens is 148 g/mol. The minimum absolute atomic E-state index is 0.347. The maximum atomic E-state index is 4.46. The van der Waals surface area contributed by atoms with Gasteiger partial charge in [-0.25, -0.2) is 0 Å². The smallest absolute Gasteiger partial charge is 0.0936 e. The molecule has 0 saturated carbocycles. The fourth-order valence-electron chi connectivity index (χ4n) is 1.70. The lowest BCUT2D eigenvalue weighted by atomic mass is 10.0. The van der Waals surface area contributed by atoms with Gasteiger partial charge in [-0.05, 0) is 25.0 Å². The third-order valence-corrected chi connectivity index (χ3v) is 2.40. The molecule has 0 saturated heterocycles. The zero-order chi connectivity index (χ0) is 8.55. The lowest BCUT2D eigenvalue weighted by Crippen LogP contribution is -2.31. The van der Waals surface area contributed by atoms with Crippen LogP contribution in [0, 0.1) is 0 Å². The van der Waals surface area contributed by atoms with Crippen molar-refractivity contribution in [1.82, 2.24) is 5.32 Å². The first-order chi connectivity index (χ1) is 5.79. The van der Waals surface area contributed by atoms with E-state index in [-0.39, 0.29) is 0 Å². The Bertz CT molecular complexity index is 274. The van der Waals surface area contributed by atoms with Crippen LogP contribution in [0.4, 0.5) is 0 Å². The van der Waals surface area contributed by atoms with Gasteiger partial charge in [-0.3, -0.25) is 4.99 Å². The molecule has 2 rings (SSSR count). The summed E-state index contributed by atoms with van der Waals surface area (Å²) in [5.74, 6) is 0. The van der Waals surface area contributed by atoms with Crippen molar-refractivity contribution in [3.05, 3.63) is 23.4 Å². The minimum Gasteiger partial charge on any atom is -0.380 e. The SMILES string of the molecule is CCC1=CC2NC(C)=CC2N=C1. The molecule has 0 radical (unpaired) electrons. The Hall–Kier alpha value is -1.05. The molecule has 0 spiro atoms. The molecule has 2 atom stereocenters. The highest BCUT2D eigenvalue weighted by molar-refractivity contribution is 5.80. The minimum atomic E-state index is 0.347. The number of allylic oxidation sites excluding steroid dienone is 2. The average molecular weight is 162 g/mol. The molecule has 2 unspecified atom stereocenters. The number of aliphatic imine (C=N–C) groups is 1. The highest BCUT2D eigenvalue weighted by atomic mass is 15.0. The van der Waals surface area contributed by atoms with Crippen molar-refractivity contribution in [2.24, 2.45) is 4.99 Å². The number of nitrogens with zero attached hydrogens (tertiary/aromatic N) is 1. The van der Waals surface area contributed by atoms with E-state index in [9.17, 15) is 0 Å². The van der Waals surface area contributed by atoms with Crippen LogP contribution in [0.5, 0.6) is 0 Å². The second-order valence-corrected chi connectivity index (χ2v) is 3.38. The molecule has 0 aromatic rings. The van der Waals surface area contributed by atoms with Crippen LogP contribution >= 0.6 is 0 Å². The van der Waals surface area contributed by atoms with Crippen molar-refractivity contribution in [3.63, 3.8) is 0 Å². The first-order valence-corrected chi connectivity index (χ1v) is 4.48. The Balaban J connectivity index is 2.18. The number of hydrogen-bond donors (Lipinski definition) is 1. The quantitative estimate of drug-likeness (QED) is 0.623. The molecule has 0 bridgehead atoms. The number of dihydropyridines is 1. The van der Waals surface area contributed by atoms with Gasteiger partial charge in [-0.1, -0.05) is 13.0 Å². The molecule has 2 aliphatic heterocycles. The van der Waals surface area contributed by atoms with Crippen molar-refractivity contribution in [2.75, 3.05) is 0 Å². The Labute approximate surface area is 73.1 Å². The third kappa shape index (κ3) is 1.17. The zero-order valence-electron chi connectivity index (χ0n) is 7.54. The first-order valence-electron chi connectivity index (χ1n) is 4.48. The van der Waals surface area contributed by atoms with Gasteiger partial charge in [0.15, 0.2) is 0 Å². The third-order valence-electron chi connectivity index (χ3n) is 2.40. The summed E-state index contributed by atoms with van der Waals surface area (Å²) in [5.41, 5.74) is 2.59. The summed E-state index contributed by atoms with van der Waals surface area (Å²) in [6, 6.07) is 0.769. The summed E-state index contributed by atoms with van der Waals surface area (Å²) in [7, 11) is 0. The van der Waals surface area contributed by atoms with Gasteiger partial charge in [0.1, 0.15) is 0 Å². The van der Waals surface area contributed by atoms with Gasteiger partial charge < -0.3 is 5.32 Å². The predicted octanol–water partition coefficient (Wildman–Crippen LogP) is 1.65. The van der Waals surface area contributed by atoms with Gasteiger partial charge in [0.05, 0.1) is 12.1 Å². The Kier molecular flexibility index (Phi) is 1.75. The summed E-state index contributed by atoms with van der Waals surface area (Å²) in [6.07, 6.45) is 7.54. The van der Waals surface area contributed by atoms with Crippen molar-refractivity contribution in [3.8, 4) is 0 Å². The second kappa shape index (κ2) is 2.77. The van der Waals surface area contributed by atoms with Gasteiger partial charge in [0.25, 0.3) is 0 Å². The molecule has 2 heteroatoms. The summed E-state index contributed by atoms with van der Waals surface area (Å²) in [6.45, 7) is 4.25. The monoisotopic (exact) mass is 162 g/mol. The van der Waals surface area contributed by atoms with Crippen LogP contribution < -0.4 is 5.32 Å². The molecule has 1 N–H and O–H groups in total. The highest BCUT2D eigenvalue weighted by Crippen LogP contribution is 2.19. The molecule has 0 amide bonds. The van der Waals surface area contributed by atoms with Crippen molar-refractivity contribution < 1.29 is 0 Å². The van der Waals surface area contributed by atoms with Crippen LogP contribution in [0.1, 0.15) is 20.3 Å². The van der Waals surface area contributed by atoms with E-state index in [4.69, 9.17) is 0 Å². The van der Waals surface area contributed by atoms with Gasteiger partial charge in [-0.2, -0.15) is 0 Å². The molecule has 0 fully saturated rings. The molecular formula is C10H14N2. The number of hydrogen-bond acceptors (Lipinski definition) is 2. The van der Waals surface area contributed by atoms with Crippen LogP contribution in [-0.4, -0.2) is 18.3 Å². The fraction of sp³-hybridized carbons (Fsp3) is 0.500. The van der Waals surface area contributed by atoms with Crippen molar-refractivity contribution >= 4 is 6.21 Å². The van der Waals surface area contributed by atoms with E-state index in [2.05, 4.69) is 36.3 Å². The lowest BCUT2D eigenvalue weighted by Gasteiger charge is -2.18. The lowest BCUT2D eigenvalue weighted by molar-refractivity contribution is 0.649. The molecule has 64 valence electrons. The van der Waals surface area contributed by atoms with Gasteiger partial charge in [0, 0.05) is 11.9 Å². The van der Waals surface area contributed by atoms with E-state index in [0.29, 0.717) is 12.1 Å². The average Bonchev–Trinajstić information content (AvgIpc) is 2.43. The summed E-state index contributed by atoms with van der Waals surface area (Å²) >= 11 is 0. The standard InChI is InChI=1S/C10H14N2/c1-3-8-5-10-9(11-6-8)4-7(2)12-10/h4-6,9-10,12H,3H2,1-2H3. The number of fused-ring (bicyclic) bond motifs is 1. The largest absolute Gasteiger partial charge is 0.380 e. The van der Waals surface area contributed by atoms with E-state index >= 15 is 0 Å². The predicted molar refractivity (Wildman–Crippen MR) is 51.3 cm³/mol. The van der Waals surface area contributed by atoms with Gasteiger partial charge in [0.2, 0.25) is 0 Å². The molecule has 0 aromatic carbocycles. The van der Waals surface area contributed by atoms with E-state index in [0.717, 1.165) is 6.42 Å². The van der Waals surface area contributed by atoms with Crippen LogP contribution in [0.3, 0.4) is 0 Å². The Morgan fingerprint density at radius 2 is 2.33 bits per heavy atom.